The molecule has 3 aromatic rings. The smallest absolute Gasteiger partial charge is 0.406 e. The van der Waals surface area contributed by atoms with Crippen molar-refractivity contribution >= 4 is 28.5 Å². The molecule has 0 N–H and O–H groups in total. The van der Waals surface area contributed by atoms with Crippen LogP contribution in [0.5, 0.6) is 5.75 Å². The third-order valence-electron chi connectivity index (χ3n) is 5.25. The molecule has 6 nitrogen and oxygen atoms in total. The van der Waals surface area contributed by atoms with Gasteiger partial charge in [-0.05, 0) is 55.8 Å². The molecule has 0 saturated carbocycles. The molecule has 1 aliphatic rings. The van der Waals surface area contributed by atoms with Crippen molar-refractivity contribution in [3.05, 3.63) is 66.1 Å². The average Bonchev–Trinajstić information content (AvgIpc) is 2.87. The second-order valence-corrected chi connectivity index (χ2v) is 7.73. The Morgan fingerprint density at radius 2 is 1.69 bits per heavy atom. The number of urea groups is 1. The predicted molar refractivity (Wildman–Crippen MR) is 107 cm³/mol. The quantitative estimate of drug-likeness (QED) is 0.320. The van der Waals surface area contributed by atoms with E-state index < -0.39 is 35.5 Å². The maximum Gasteiger partial charge on any atom is 0.573 e. The van der Waals surface area contributed by atoms with Crippen molar-refractivity contribution < 1.29 is 31.9 Å². The summed E-state index contributed by atoms with van der Waals surface area (Å²) in [5.41, 5.74) is -0.302. The van der Waals surface area contributed by atoms with E-state index in [9.17, 15) is 27.2 Å². The fourth-order valence-electron chi connectivity index (χ4n) is 3.64. The Labute approximate surface area is 180 Å². The number of fused-ring (bicyclic) bond motifs is 1. The lowest BCUT2D eigenvalue weighted by atomic mass is 10.0. The number of halogens is 4. The number of ether oxygens (including phenoxy) is 1. The average molecular weight is 447 g/mol. The topological polar surface area (TPSA) is 62.7 Å². The third kappa shape index (κ3) is 3.83. The molecule has 0 spiro atoms. The number of para-hydroxylation sites is 1. The summed E-state index contributed by atoms with van der Waals surface area (Å²) >= 11 is 0. The molecule has 32 heavy (non-hydrogen) atoms. The van der Waals surface area contributed by atoms with Crippen molar-refractivity contribution in [1.82, 2.24) is 9.88 Å². The van der Waals surface area contributed by atoms with Gasteiger partial charge in [0.2, 0.25) is 5.95 Å². The molecule has 2 heterocycles. The van der Waals surface area contributed by atoms with Crippen LogP contribution in [0.2, 0.25) is 0 Å². The highest BCUT2D eigenvalue weighted by molar-refractivity contribution is 6.23. The van der Waals surface area contributed by atoms with Gasteiger partial charge in [-0.2, -0.15) is 4.39 Å². The minimum Gasteiger partial charge on any atom is -0.406 e. The number of imide groups is 1. The molecule has 1 aromatic heterocycles. The number of benzene rings is 2. The van der Waals surface area contributed by atoms with Crippen molar-refractivity contribution in [1.29, 1.82) is 0 Å². The second-order valence-electron chi connectivity index (χ2n) is 7.73. The van der Waals surface area contributed by atoms with Gasteiger partial charge in [-0.15, -0.1) is 13.2 Å². The fraction of sp³-hybridized carbons (Fsp3) is 0.227. The van der Waals surface area contributed by atoms with E-state index in [0.717, 1.165) is 17.0 Å². The van der Waals surface area contributed by atoms with Gasteiger partial charge in [-0.25, -0.2) is 14.7 Å². The van der Waals surface area contributed by atoms with Crippen LogP contribution >= 0.6 is 0 Å². The van der Waals surface area contributed by atoms with E-state index in [1.807, 2.05) is 0 Å². The number of hydrogen-bond donors (Lipinski definition) is 0. The van der Waals surface area contributed by atoms with E-state index in [4.69, 9.17) is 0 Å². The molecule has 0 bridgehead atoms. The highest BCUT2D eigenvalue weighted by Crippen LogP contribution is 2.35. The molecule has 2 aromatic carbocycles. The second kappa shape index (κ2) is 7.47. The van der Waals surface area contributed by atoms with Gasteiger partial charge in [-0.1, -0.05) is 18.2 Å². The molecule has 0 radical (unpaired) electrons. The van der Waals surface area contributed by atoms with Gasteiger partial charge in [0.15, 0.2) is 0 Å². The van der Waals surface area contributed by atoms with Crippen molar-refractivity contribution in [2.45, 2.75) is 32.3 Å². The lowest BCUT2D eigenvalue weighted by Crippen LogP contribution is -2.43. The molecule has 0 atom stereocenters. The standard InChI is InChI=1S/C22H17F4N3O3/c1-21(2)19(30)29(14-7-9-15(10-8-14)32-22(24,25)26)20(31)28(21)12-13-11-18(23)27-17-6-4-3-5-16(13)17/h3-11H,12H2,1-2H3. The van der Waals surface area contributed by atoms with E-state index in [1.165, 1.54) is 23.1 Å². The first-order valence-corrected chi connectivity index (χ1v) is 9.53. The summed E-state index contributed by atoms with van der Waals surface area (Å²) in [6, 6.07) is 11.8. The van der Waals surface area contributed by atoms with E-state index in [2.05, 4.69) is 9.72 Å². The normalized spacial score (nSPS) is 16.2. The van der Waals surface area contributed by atoms with Crippen LogP contribution in [0.3, 0.4) is 0 Å². The maximum atomic E-state index is 14.1. The Balaban J connectivity index is 1.66. The SMILES string of the molecule is CC1(C)C(=O)N(c2ccc(OC(F)(F)F)cc2)C(=O)N1Cc1cc(F)nc2ccccc12. The van der Waals surface area contributed by atoms with Crippen LogP contribution in [0.1, 0.15) is 19.4 Å². The van der Waals surface area contributed by atoms with Gasteiger partial charge < -0.3 is 9.64 Å². The summed E-state index contributed by atoms with van der Waals surface area (Å²) < 4.78 is 55.0. The van der Waals surface area contributed by atoms with Gasteiger partial charge in [0, 0.05) is 11.9 Å². The Kier molecular flexibility index (Phi) is 5.03. The number of aromatic nitrogens is 1. The summed E-state index contributed by atoms with van der Waals surface area (Å²) in [5, 5.41) is 0.636. The van der Waals surface area contributed by atoms with E-state index in [0.29, 0.717) is 16.5 Å². The Bertz CT molecular complexity index is 1210. The highest BCUT2D eigenvalue weighted by Gasteiger charge is 2.51. The van der Waals surface area contributed by atoms with Gasteiger partial charge in [0.05, 0.1) is 11.2 Å². The third-order valence-corrected chi connectivity index (χ3v) is 5.25. The Morgan fingerprint density at radius 3 is 2.34 bits per heavy atom. The van der Waals surface area contributed by atoms with Crippen molar-refractivity contribution in [2.75, 3.05) is 4.90 Å². The predicted octanol–water partition coefficient (Wildman–Crippen LogP) is 5.02. The van der Waals surface area contributed by atoms with Gasteiger partial charge >= 0.3 is 12.4 Å². The van der Waals surface area contributed by atoms with Crippen LogP contribution in [-0.2, 0) is 11.3 Å². The van der Waals surface area contributed by atoms with E-state index >= 15 is 0 Å². The van der Waals surface area contributed by atoms with E-state index in [1.54, 1.807) is 38.1 Å². The van der Waals surface area contributed by atoms with Gasteiger partial charge in [0.1, 0.15) is 11.3 Å². The minimum atomic E-state index is -4.86. The summed E-state index contributed by atoms with van der Waals surface area (Å²) in [6.07, 6.45) is -4.86. The van der Waals surface area contributed by atoms with Crippen LogP contribution in [0.25, 0.3) is 10.9 Å². The van der Waals surface area contributed by atoms with Gasteiger partial charge in [-0.3, -0.25) is 4.79 Å². The number of carbonyl (C=O) groups excluding carboxylic acids is 2. The molecular weight excluding hydrogens is 430 g/mol. The van der Waals surface area contributed by atoms with Crippen LogP contribution < -0.4 is 9.64 Å². The lowest BCUT2D eigenvalue weighted by molar-refractivity contribution is -0.274. The van der Waals surface area contributed by atoms with Crippen LogP contribution in [-0.4, -0.2) is 33.7 Å². The maximum absolute atomic E-state index is 14.1. The minimum absolute atomic E-state index is 0.0662. The first-order valence-electron chi connectivity index (χ1n) is 9.53. The number of nitrogens with zero attached hydrogens (tertiary/aromatic N) is 3. The molecule has 1 saturated heterocycles. The first-order chi connectivity index (χ1) is 15.0. The molecular formula is C22H17F4N3O3. The van der Waals surface area contributed by atoms with Gasteiger partial charge in [0.25, 0.3) is 5.91 Å². The summed E-state index contributed by atoms with van der Waals surface area (Å²) in [4.78, 5) is 32.2. The zero-order valence-corrected chi connectivity index (χ0v) is 17.0. The molecule has 1 aliphatic heterocycles. The molecule has 3 amide bonds. The number of pyridine rings is 1. The molecule has 4 rings (SSSR count). The zero-order chi connectivity index (χ0) is 23.3. The molecule has 0 aliphatic carbocycles. The highest BCUT2D eigenvalue weighted by atomic mass is 19.4. The Morgan fingerprint density at radius 1 is 1.03 bits per heavy atom. The van der Waals surface area contributed by atoms with Crippen LogP contribution in [0.15, 0.2) is 54.6 Å². The first kappa shape index (κ1) is 21.5. The van der Waals surface area contributed by atoms with Crippen molar-refractivity contribution in [3.63, 3.8) is 0 Å². The molecule has 10 heteroatoms. The number of carbonyl (C=O) groups is 2. The lowest BCUT2D eigenvalue weighted by Gasteiger charge is -2.28. The summed E-state index contributed by atoms with van der Waals surface area (Å²) in [7, 11) is 0. The van der Waals surface area contributed by atoms with Crippen molar-refractivity contribution in [2.24, 2.45) is 0 Å². The van der Waals surface area contributed by atoms with E-state index in [-0.39, 0.29) is 12.2 Å². The number of amides is 3. The number of alkyl halides is 3. The number of hydrogen-bond acceptors (Lipinski definition) is 4. The molecule has 166 valence electrons. The largest absolute Gasteiger partial charge is 0.573 e. The summed E-state index contributed by atoms with van der Waals surface area (Å²) in [5.74, 6) is -1.76. The monoisotopic (exact) mass is 447 g/mol. The molecule has 1 fully saturated rings. The zero-order valence-electron chi connectivity index (χ0n) is 17.0. The van der Waals surface area contributed by atoms with Crippen molar-refractivity contribution in [3.8, 4) is 5.75 Å². The van der Waals surface area contributed by atoms with Crippen LogP contribution in [0, 0.1) is 5.95 Å². The number of rotatable bonds is 4. The van der Waals surface area contributed by atoms with Crippen LogP contribution in [0.4, 0.5) is 28.0 Å². The number of anilines is 1. The summed E-state index contributed by atoms with van der Waals surface area (Å²) in [6.45, 7) is 3.03. The fourth-order valence-corrected chi connectivity index (χ4v) is 3.64. The molecule has 0 unspecified atom stereocenters. The Hall–Kier alpha value is -3.69.